The third kappa shape index (κ3) is 3.95. The fraction of sp³-hybridized carbons (Fsp3) is 0.263. The topological polar surface area (TPSA) is 81.9 Å². The highest BCUT2D eigenvalue weighted by atomic mass is 127. The number of fused-ring (bicyclic) bond motifs is 5. The van der Waals surface area contributed by atoms with E-state index in [-0.39, 0.29) is 5.91 Å². The van der Waals surface area contributed by atoms with Gasteiger partial charge in [0.2, 0.25) is 0 Å². The Labute approximate surface area is 170 Å². The van der Waals surface area contributed by atoms with Gasteiger partial charge in [-0.05, 0) is 65.3 Å². The standard InChI is InChI=1S/C19H18IN5O2/c1-12-7-8-25-11-21-24-18(25)15-3-2-4-17(22-15)23-19(26)14-9-13(20)5-6-16(14)27-10-12/h2-6,9,11-12H,7-8,10H2,1H3,(H,22,23,26)/t12-/m1/s1. The van der Waals surface area contributed by atoms with Crippen molar-refractivity contribution in [2.75, 3.05) is 11.9 Å². The van der Waals surface area contributed by atoms with E-state index in [1.165, 1.54) is 0 Å². The number of amides is 1. The number of pyridine rings is 1. The molecular weight excluding hydrogens is 457 g/mol. The first-order valence-corrected chi connectivity index (χ1v) is 9.77. The number of nitrogens with one attached hydrogen (secondary N) is 1. The van der Waals surface area contributed by atoms with Gasteiger partial charge >= 0.3 is 0 Å². The number of carbonyl (C=O) groups excluding carboxylic acids is 1. The molecule has 2 bridgehead atoms. The molecule has 0 radical (unpaired) electrons. The Morgan fingerprint density at radius 3 is 3.07 bits per heavy atom. The smallest absolute Gasteiger partial charge is 0.260 e. The summed E-state index contributed by atoms with van der Waals surface area (Å²) in [7, 11) is 0. The minimum atomic E-state index is -0.251. The van der Waals surface area contributed by atoms with Crippen LogP contribution in [0.4, 0.5) is 5.82 Å². The van der Waals surface area contributed by atoms with Gasteiger partial charge in [-0.25, -0.2) is 4.98 Å². The maximum Gasteiger partial charge on any atom is 0.260 e. The third-order valence-electron chi connectivity index (χ3n) is 4.41. The van der Waals surface area contributed by atoms with Crippen molar-refractivity contribution in [3.63, 3.8) is 0 Å². The Morgan fingerprint density at radius 2 is 2.19 bits per heavy atom. The third-order valence-corrected chi connectivity index (χ3v) is 5.08. The van der Waals surface area contributed by atoms with Gasteiger partial charge in [0.1, 0.15) is 23.6 Å². The second-order valence-corrected chi connectivity index (χ2v) is 7.80. The first-order valence-electron chi connectivity index (χ1n) is 8.69. The molecule has 7 nitrogen and oxygen atoms in total. The number of ether oxygens (including phenoxy) is 1. The van der Waals surface area contributed by atoms with Crippen LogP contribution in [0.15, 0.2) is 42.7 Å². The van der Waals surface area contributed by atoms with Crippen LogP contribution in [0.25, 0.3) is 11.5 Å². The molecule has 0 saturated carbocycles. The van der Waals surface area contributed by atoms with Crippen molar-refractivity contribution in [3.8, 4) is 17.3 Å². The number of hydrogen-bond donors (Lipinski definition) is 1. The molecule has 3 aromatic rings. The van der Waals surface area contributed by atoms with Crippen LogP contribution in [0.1, 0.15) is 23.7 Å². The SMILES string of the molecule is C[C@@H]1CCn2cnnc2-c2cccc(n2)NC(=O)c2cc(I)ccc2OC1. The van der Waals surface area contributed by atoms with Crippen molar-refractivity contribution in [1.29, 1.82) is 0 Å². The molecule has 1 aliphatic heterocycles. The summed E-state index contributed by atoms with van der Waals surface area (Å²) in [5.74, 6) is 1.78. The van der Waals surface area contributed by atoms with Gasteiger partial charge < -0.3 is 14.6 Å². The summed E-state index contributed by atoms with van der Waals surface area (Å²) < 4.78 is 8.92. The minimum absolute atomic E-state index is 0.251. The second kappa shape index (κ2) is 7.63. The van der Waals surface area contributed by atoms with Crippen molar-refractivity contribution in [1.82, 2.24) is 19.7 Å². The quantitative estimate of drug-likeness (QED) is 0.503. The van der Waals surface area contributed by atoms with Gasteiger partial charge in [0.25, 0.3) is 5.91 Å². The lowest BCUT2D eigenvalue weighted by Crippen LogP contribution is -2.18. The largest absolute Gasteiger partial charge is 0.492 e. The molecule has 0 unspecified atom stereocenters. The second-order valence-electron chi connectivity index (χ2n) is 6.56. The number of halogens is 1. The Morgan fingerprint density at radius 1 is 1.30 bits per heavy atom. The van der Waals surface area contributed by atoms with E-state index >= 15 is 0 Å². The molecule has 0 fully saturated rings. The Hall–Kier alpha value is -2.49. The Kier molecular flexibility index (Phi) is 5.06. The van der Waals surface area contributed by atoms with Crippen LogP contribution in [0.2, 0.25) is 0 Å². The van der Waals surface area contributed by atoms with E-state index < -0.39 is 0 Å². The maximum absolute atomic E-state index is 12.8. The van der Waals surface area contributed by atoms with Crippen molar-refractivity contribution in [3.05, 3.63) is 51.9 Å². The lowest BCUT2D eigenvalue weighted by molar-refractivity contribution is 0.102. The molecule has 138 valence electrons. The predicted molar refractivity (Wildman–Crippen MR) is 110 cm³/mol. The highest BCUT2D eigenvalue weighted by molar-refractivity contribution is 14.1. The molecule has 1 aliphatic rings. The normalized spacial score (nSPS) is 17.1. The maximum atomic E-state index is 12.8. The molecule has 1 N–H and O–H groups in total. The molecule has 3 heterocycles. The monoisotopic (exact) mass is 475 g/mol. The van der Waals surface area contributed by atoms with Gasteiger partial charge in [-0.3, -0.25) is 4.79 Å². The molecule has 1 aromatic carbocycles. The van der Waals surface area contributed by atoms with E-state index in [0.29, 0.717) is 41.2 Å². The summed E-state index contributed by atoms with van der Waals surface area (Å²) in [4.78, 5) is 17.4. The average Bonchev–Trinajstić information content (AvgIpc) is 3.13. The van der Waals surface area contributed by atoms with E-state index in [0.717, 1.165) is 16.5 Å². The molecule has 0 saturated heterocycles. The number of hydrogen-bond acceptors (Lipinski definition) is 5. The van der Waals surface area contributed by atoms with Crippen LogP contribution in [0.5, 0.6) is 5.75 Å². The fourth-order valence-corrected chi connectivity index (χ4v) is 3.40. The van der Waals surface area contributed by atoms with Crippen LogP contribution in [0, 0.1) is 9.49 Å². The molecule has 8 heteroatoms. The molecule has 1 amide bonds. The highest BCUT2D eigenvalue weighted by Gasteiger charge is 2.18. The lowest BCUT2D eigenvalue weighted by Gasteiger charge is -2.17. The van der Waals surface area contributed by atoms with Crippen LogP contribution in [0.3, 0.4) is 0 Å². The van der Waals surface area contributed by atoms with Crippen LogP contribution >= 0.6 is 22.6 Å². The number of benzene rings is 1. The summed E-state index contributed by atoms with van der Waals surface area (Å²) in [5, 5.41) is 11.1. The first-order chi connectivity index (χ1) is 13.1. The summed E-state index contributed by atoms with van der Waals surface area (Å²) in [6, 6.07) is 11.1. The predicted octanol–water partition coefficient (Wildman–Crippen LogP) is 3.62. The van der Waals surface area contributed by atoms with E-state index in [1.54, 1.807) is 12.4 Å². The van der Waals surface area contributed by atoms with E-state index in [1.807, 2.05) is 34.9 Å². The summed E-state index contributed by atoms with van der Waals surface area (Å²) >= 11 is 2.19. The van der Waals surface area contributed by atoms with E-state index in [9.17, 15) is 4.79 Å². The fourth-order valence-electron chi connectivity index (χ4n) is 2.91. The van der Waals surface area contributed by atoms with Gasteiger partial charge in [-0.15, -0.1) is 10.2 Å². The number of aryl methyl sites for hydroxylation is 1. The molecular formula is C19H18IN5O2. The Bertz CT molecular complexity index is 988. The molecule has 4 rings (SSSR count). The highest BCUT2D eigenvalue weighted by Crippen LogP contribution is 2.25. The average molecular weight is 475 g/mol. The number of rotatable bonds is 0. The summed E-state index contributed by atoms with van der Waals surface area (Å²) in [6.45, 7) is 3.42. The number of nitrogens with zero attached hydrogens (tertiary/aromatic N) is 4. The van der Waals surface area contributed by atoms with Crippen molar-refractivity contribution in [2.45, 2.75) is 19.9 Å². The number of anilines is 1. The minimum Gasteiger partial charge on any atom is -0.492 e. The van der Waals surface area contributed by atoms with Gasteiger partial charge in [0.05, 0.1) is 12.2 Å². The zero-order valence-corrected chi connectivity index (χ0v) is 16.9. The summed E-state index contributed by atoms with van der Waals surface area (Å²) in [5.41, 5.74) is 1.18. The van der Waals surface area contributed by atoms with Crippen LogP contribution < -0.4 is 10.1 Å². The lowest BCUT2D eigenvalue weighted by atomic mass is 10.1. The van der Waals surface area contributed by atoms with Gasteiger partial charge in [-0.1, -0.05) is 13.0 Å². The molecule has 0 spiro atoms. The Balaban J connectivity index is 1.76. The zero-order valence-electron chi connectivity index (χ0n) is 14.7. The first kappa shape index (κ1) is 17.9. The van der Waals surface area contributed by atoms with E-state index in [4.69, 9.17) is 4.74 Å². The molecule has 2 aromatic heterocycles. The summed E-state index contributed by atoms with van der Waals surface area (Å²) in [6.07, 6.45) is 2.61. The van der Waals surface area contributed by atoms with Gasteiger partial charge in [0.15, 0.2) is 5.82 Å². The number of carbonyl (C=O) groups is 1. The van der Waals surface area contributed by atoms with E-state index in [2.05, 4.69) is 50.0 Å². The van der Waals surface area contributed by atoms with Crippen LogP contribution in [-0.4, -0.2) is 32.3 Å². The van der Waals surface area contributed by atoms with Crippen molar-refractivity contribution >= 4 is 34.3 Å². The molecule has 0 aliphatic carbocycles. The van der Waals surface area contributed by atoms with Crippen molar-refractivity contribution in [2.24, 2.45) is 5.92 Å². The molecule has 27 heavy (non-hydrogen) atoms. The van der Waals surface area contributed by atoms with Crippen molar-refractivity contribution < 1.29 is 9.53 Å². The van der Waals surface area contributed by atoms with Gasteiger partial charge in [0, 0.05) is 10.1 Å². The molecule has 1 atom stereocenters. The van der Waals surface area contributed by atoms with Crippen LogP contribution in [-0.2, 0) is 6.54 Å². The zero-order chi connectivity index (χ0) is 18.8. The van der Waals surface area contributed by atoms with Gasteiger partial charge in [-0.2, -0.15) is 0 Å². The number of aromatic nitrogens is 4.